The van der Waals surface area contributed by atoms with Gasteiger partial charge in [0.15, 0.2) is 5.82 Å². The van der Waals surface area contributed by atoms with Crippen molar-refractivity contribution < 1.29 is 14.3 Å². The summed E-state index contributed by atoms with van der Waals surface area (Å²) in [5, 5.41) is 7.44. The fraction of sp³-hybridized carbons (Fsp3) is 0.368. The number of methoxy groups -OCH3 is 1. The van der Waals surface area contributed by atoms with E-state index < -0.39 is 0 Å². The molecule has 1 aromatic heterocycles. The first kappa shape index (κ1) is 16.8. The fourth-order valence-corrected chi connectivity index (χ4v) is 3.56. The largest absolute Gasteiger partial charge is 0.497 e. The predicted molar refractivity (Wildman–Crippen MR) is 102 cm³/mol. The van der Waals surface area contributed by atoms with Crippen LogP contribution >= 0.6 is 0 Å². The molecule has 3 aliphatic rings. The van der Waals surface area contributed by atoms with E-state index in [1.54, 1.807) is 22.9 Å². The highest BCUT2D eigenvalue weighted by atomic mass is 16.5. The topological polar surface area (TPSA) is 92.1 Å². The average molecular weight is 380 g/mol. The Hall–Kier alpha value is -3.36. The molecule has 0 radical (unpaired) electrons. The second-order valence-corrected chi connectivity index (χ2v) is 7.06. The molecule has 0 atom stereocenters. The maximum Gasteiger partial charge on any atom is 0.331 e. The molecule has 28 heavy (non-hydrogen) atoms. The van der Waals surface area contributed by atoms with Crippen molar-refractivity contribution in [1.82, 2.24) is 20.0 Å². The Morgan fingerprint density at radius 2 is 2.07 bits per heavy atom. The van der Waals surface area contributed by atoms with E-state index in [9.17, 15) is 9.59 Å². The molecule has 0 spiro atoms. The number of amides is 3. The summed E-state index contributed by atoms with van der Waals surface area (Å²) in [6.45, 7) is 1.02. The third-order valence-electron chi connectivity index (χ3n) is 5.10. The van der Waals surface area contributed by atoms with Gasteiger partial charge in [0.25, 0.3) is 0 Å². The molecule has 1 aliphatic carbocycles. The number of benzene rings is 1. The molecule has 0 unspecified atom stereocenters. The molecule has 0 bridgehead atoms. The summed E-state index contributed by atoms with van der Waals surface area (Å²) in [6.07, 6.45) is 3.70. The number of aromatic nitrogens is 2. The van der Waals surface area contributed by atoms with Crippen molar-refractivity contribution in [2.24, 2.45) is 4.99 Å². The summed E-state index contributed by atoms with van der Waals surface area (Å²) in [5.41, 5.74) is 1.53. The van der Waals surface area contributed by atoms with Crippen LogP contribution in [0.25, 0.3) is 5.69 Å². The highest BCUT2D eigenvalue weighted by molar-refractivity contribution is 6.20. The highest BCUT2D eigenvalue weighted by Crippen LogP contribution is 2.33. The van der Waals surface area contributed by atoms with Gasteiger partial charge < -0.3 is 10.1 Å². The van der Waals surface area contributed by atoms with Crippen LogP contribution in [0.2, 0.25) is 0 Å². The summed E-state index contributed by atoms with van der Waals surface area (Å²) >= 11 is 0. The van der Waals surface area contributed by atoms with Crippen LogP contribution in [-0.4, -0.2) is 65.2 Å². The lowest BCUT2D eigenvalue weighted by molar-refractivity contribution is -0.119. The number of urea groups is 1. The van der Waals surface area contributed by atoms with Gasteiger partial charge in [-0.1, -0.05) is 0 Å². The number of anilines is 1. The molecule has 1 N–H and O–H groups in total. The van der Waals surface area contributed by atoms with E-state index in [-0.39, 0.29) is 24.5 Å². The zero-order valence-electron chi connectivity index (χ0n) is 15.5. The van der Waals surface area contributed by atoms with Gasteiger partial charge in [-0.05, 0) is 37.1 Å². The number of hydrogen-bond donors (Lipinski definition) is 1. The molecule has 5 rings (SSSR count). The van der Waals surface area contributed by atoms with Crippen molar-refractivity contribution in [2.45, 2.75) is 18.9 Å². The van der Waals surface area contributed by atoms with Gasteiger partial charge >= 0.3 is 6.03 Å². The van der Waals surface area contributed by atoms with Crippen LogP contribution in [0.3, 0.4) is 0 Å². The van der Waals surface area contributed by atoms with Gasteiger partial charge in [0.1, 0.15) is 18.1 Å². The van der Waals surface area contributed by atoms with E-state index in [2.05, 4.69) is 15.4 Å². The highest BCUT2D eigenvalue weighted by Gasteiger charge is 2.41. The van der Waals surface area contributed by atoms with Gasteiger partial charge in [0.2, 0.25) is 5.91 Å². The molecule has 9 heteroatoms. The van der Waals surface area contributed by atoms with Gasteiger partial charge in [0.05, 0.1) is 31.1 Å². The Bertz CT molecular complexity index is 976. The summed E-state index contributed by atoms with van der Waals surface area (Å²) < 4.78 is 6.89. The Morgan fingerprint density at radius 1 is 1.29 bits per heavy atom. The number of nitrogens with one attached hydrogen (secondary N) is 1. The van der Waals surface area contributed by atoms with Crippen LogP contribution in [0.15, 0.2) is 35.5 Å². The molecule has 2 aromatic rings. The number of fused-ring (bicyclic) bond motifs is 3. The second kappa shape index (κ2) is 6.36. The van der Waals surface area contributed by atoms with Crippen LogP contribution in [-0.2, 0) is 4.79 Å². The van der Waals surface area contributed by atoms with Crippen LogP contribution in [0.1, 0.15) is 18.4 Å². The molecule has 1 aromatic carbocycles. The van der Waals surface area contributed by atoms with Crippen molar-refractivity contribution >= 4 is 23.6 Å². The quantitative estimate of drug-likeness (QED) is 0.843. The first-order valence-corrected chi connectivity index (χ1v) is 9.31. The normalized spacial score (nSPS) is 17.9. The number of hydrogen-bond acceptors (Lipinski definition) is 5. The Labute approximate surface area is 161 Å². The van der Waals surface area contributed by atoms with Gasteiger partial charge in [-0.2, -0.15) is 5.10 Å². The van der Waals surface area contributed by atoms with E-state index in [0.29, 0.717) is 24.7 Å². The van der Waals surface area contributed by atoms with E-state index in [1.807, 2.05) is 24.3 Å². The van der Waals surface area contributed by atoms with Crippen LogP contribution in [0.5, 0.6) is 5.75 Å². The van der Waals surface area contributed by atoms with Crippen molar-refractivity contribution in [3.8, 4) is 11.4 Å². The molecule has 0 saturated heterocycles. The molecule has 1 saturated carbocycles. The first-order valence-electron chi connectivity index (χ1n) is 9.31. The SMILES string of the molecule is COc1ccc(-n2ncc3c2N(CC(=O)NC2CC2)C(=O)N2CCN=C32)cc1. The first-order chi connectivity index (χ1) is 13.7. The lowest BCUT2D eigenvalue weighted by Gasteiger charge is -2.33. The monoisotopic (exact) mass is 380 g/mol. The van der Waals surface area contributed by atoms with Crippen molar-refractivity contribution in [3.63, 3.8) is 0 Å². The fourth-order valence-electron chi connectivity index (χ4n) is 3.56. The predicted octanol–water partition coefficient (Wildman–Crippen LogP) is 1.16. The van der Waals surface area contributed by atoms with Crippen molar-refractivity contribution in [2.75, 3.05) is 31.6 Å². The van der Waals surface area contributed by atoms with Crippen LogP contribution < -0.4 is 15.0 Å². The summed E-state index contributed by atoms with van der Waals surface area (Å²) in [4.78, 5) is 33.2. The van der Waals surface area contributed by atoms with E-state index in [4.69, 9.17) is 4.74 Å². The second-order valence-electron chi connectivity index (χ2n) is 7.06. The lowest BCUT2D eigenvalue weighted by Crippen LogP contribution is -2.53. The molecular formula is C19H20N6O3. The van der Waals surface area contributed by atoms with E-state index in [0.717, 1.165) is 29.8 Å². The molecule has 1 fully saturated rings. The van der Waals surface area contributed by atoms with Gasteiger partial charge in [0, 0.05) is 12.6 Å². The van der Waals surface area contributed by atoms with Gasteiger partial charge in [-0.15, -0.1) is 0 Å². The van der Waals surface area contributed by atoms with E-state index in [1.165, 1.54) is 4.90 Å². The average Bonchev–Trinajstić information content (AvgIpc) is 3.20. The molecule has 144 valence electrons. The van der Waals surface area contributed by atoms with E-state index >= 15 is 0 Å². The zero-order chi connectivity index (χ0) is 19.3. The maximum atomic E-state index is 13.1. The maximum absolute atomic E-state index is 13.1. The van der Waals surface area contributed by atoms with Crippen LogP contribution in [0.4, 0.5) is 10.6 Å². The third kappa shape index (κ3) is 2.70. The molecule has 3 amide bonds. The number of amidine groups is 1. The summed E-state index contributed by atoms with van der Waals surface area (Å²) in [5.74, 6) is 1.76. The standard InChI is InChI=1S/C19H20N6O3/c1-28-14-6-4-13(5-7-14)25-18-15(10-21-25)17-20-8-9-23(17)19(27)24(18)11-16(26)22-12-2-3-12/h4-7,10,12H,2-3,8-9,11H2,1H3,(H,22,26). The molecule has 3 heterocycles. The molecule has 2 aliphatic heterocycles. The number of ether oxygens (including phenoxy) is 1. The number of carbonyl (C=O) groups is 2. The number of rotatable bonds is 5. The number of nitrogens with zero attached hydrogens (tertiary/aromatic N) is 5. The zero-order valence-corrected chi connectivity index (χ0v) is 15.5. The Kier molecular flexibility index (Phi) is 3.81. The van der Waals surface area contributed by atoms with Crippen molar-refractivity contribution in [1.29, 1.82) is 0 Å². The number of carbonyl (C=O) groups excluding carboxylic acids is 2. The summed E-state index contributed by atoms with van der Waals surface area (Å²) in [7, 11) is 1.61. The molecular weight excluding hydrogens is 360 g/mol. The Balaban J connectivity index is 1.56. The molecule has 9 nitrogen and oxygen atoms in total. The minimum Gasteiger partial charge on any atom is -0.497 e. The van der Waals surface area contributed by atoms with Crippen LogP contribution in [0, 0.1) is 0 Å². The number of aliphatic imine (C=N–C) groups is 1. The lowest BCUT2D eigenvalue weighted by atomic mass is 10.2. The smallest absolute Gasteiger partial charge is 0.331 e. The van der Waals surface area contributed by atoms with Gasteiger partial charge in [-0.25, -0.2) is 9.48 Å². The third-order valence-corrected chi connectivity index (χ3v) is 5.10. The van der Waals surface area contributed by atoms with Gasteiger partial charge in [-0.3, -0.25) is 19.6 Å². The minimum atomic E-state index is -0.245. The summed E-state index contributed by atoms with van der Waals surface area (Å²) in [6, 6.07) is 7.38. The van der Waals surface area contributed by atoms with Crippen molar-refractivity contribution in [3.05, 3.63) is 36.0 Å². The Morgan fingerprint density at radius 3 is 2.79 bits per heavy atom. The minimum absolute atomic E-state index is 0.0477.